The Balaban J connectivity index is 1.42. The lowest BCUT2D eigenvalue weighted by molar-refractivity contribution is 0.0954. The Kier molecular flexibility index (Phi) is 4.58. The van der Waals surface area contributed by atoms with Crippen molar-refractivity contribution in [3.63, 3.8) is 0 Å². The standard InChI is InChI=1S/C18H18N4O2S/c23-18(15-11-13-3-1-2-4-14(13)25-15)20-12-16-19-6-5-17(21-16)22-7-9-24-10-8-22/h1-6,11H,7-10,12H2,(H,20,23). The highest BCUT2D eigenvalue weighted by Gasteiger charge is 2.14. The lowest BCUT2D eigenvalue weighted by Crippen LogP contribution is -2.37. The summed E-state index contributed by atoms with van der Waals surface area (Å²) in [6.07, 6.45) is 1.73. The van der Waals surface area contributed by atoms with Crippen LogP contribution < -0.4 is 10.2 Å². The van der Waals surface area contributed by atoms with E-state index in [1.165, 1.54) is 11.3 Å². The maximum Gasteiger partial charge on any atom is 0.261 e. The fraction of sp³-hybridized carbons (Fsp3) is 0.278. The molecule has 0 saturated carbocycles. The molecule has 3 aromatic rings. The minimum absolute atomic E-state index is 0.0958. The van der Waals surface area contributed by atoms with Crippen LogP contribution in [0, 0.1) is 0 Å². The molecule has 0 radical (unpaired) electrons. The average Bonchev–Trinajstić information content (AvgIpc) is 3.11. The van der Waals surface area contributed by atoms with Gasteiger partial charge in [0.05, 0.1) is 24.6 Å². The van der Waals surface area contributed by atoms with E-state index in [2.05, 4.69) is 20.2 Å². The third-order valence-corrected chi connectivity index (χ3v) is 5.20. The van der Waals surface area contributed by atoms with Crippen LogP contribution in [0.25, 0.3) is 10.1 Å². The smallest absolute Gasteiger partial charge is 0.261 e. The van der Waals surface area contributed by atoms with Gasteiger partial charge in [0.15, 0.2) is 0 Å². The molecular weight excluding hydrogens is 336 g/mol. The second-order valence-corrected chi connectivity index (χ2v) is 6.85. The Labute approximate surface area is 149 Å². The Morgan fingerprint density at radius 1 is 1.24 bits per heavy atom. The number of nitrogens with one attached hydrogen (secondary N) is 1. The lowest BCUT2D eigenvalue weighted by Gasteiger charge is -2.27. The fourth-order valence-electron chi connectivity index (χ4n) is 2.78. The van der Waals surface area contributed by atoms with Gasteiger partial charge in [-0.1, -0.05) is 18.2 Å². The molecule has 0 bridgehead atoms. The van der Waals surface area contributed by atoms with Crippen molar-refractivity contribution in [3.8, 4) is 0 Å². The van der Waals surface area contributed by atoms with Crippen LogP contribution in [0.1, 0.15) is 15.5 Å². The molecular formula is C18H18N4O2S. The van der Waals surface area contributed by atoms with Gasteiger partial charge >= 0.3 is 0 Å². The predicted octanol–water partition coefficient (Wildman–Crippen LogP) is 2.46. The monoisotopic (exact) mass is 354 g/mol. The molecule has 1 aliphatic rings. The Bertz CT molecular complexity index is 856. The largest absolute Gasteiger partial charge is 0.378 e. The highest BCUT2D eigenvalue weighted by molar-refractivity contribution is 7.20. The van der Waals surface area contributed by atoms with E-state index in [9.17, 15) is 4.79 Å². The summed E-state index contributed by atoms with van der Waals surface area (Å²) < 4.78 is 6.47. The van der Waals surface area contributed by atoms with Crippen LogP contribution >= 0.6 is 11.3 Å². The van der Waals surface area contributed by atoms with Crippen molar-refractivity contribution >= 4 is 33.1 Å². The van der Waals surface area contributed by atoms with E-state index >= 15 is 0 Å². The van der Waals surface area contributed by atoms with E-state index in [0.717, 1.165) is 29.0 Å². The van der Waals surface area contributed by atoms with E-state index < -0.39 is 0 Å². The molecule has 2 aromatic heterocycles. The minimum Gasteiger partial charge on any atom is -0.378 e. The lowest BCUT2D eigenvalue weighted by atomic mass is 10.2. The van der Waals surface area contributed by atoms with Gasteiger partial charge in [-0.2, -0.15) is 0 Å². The Morgan fingerprint density at radius 3 is 2.92 bits per heavy atom. The van der Waals surface area contributed by atoms with Crippen molar-refractivity contribution in [2.75, 3.05) is 31.2 Å². The predicted molar refractivity (Wildman–Crippen MR) is 98.1 cm³/mol. The first-order valence-corrected chi connectivity index (χ1v) is 9.03. The van der Waals surface area contributed by atoms with Gasteiger partial charge in [0.25, 0.3) is 5.91 Å². The minimum atomic E-state index is -0.0958. The first-order valence-electron chi connectivity index (χ1n) is 8.21. The molecule has 1 fully saturated rings. The van der Waals surface area contributed by atoms with Crippen molar-refractivity contribution in [2.45, 2.75) is 6.54 Å². The van der Waals surface area contributed by atoms with Gasteiger partial charge in [-0.3, -0.25) is 4.79 Å². The molecule has 1 amide bonds. The molecule has 1 N–H and O–H groups in total. The van der Waals surface area contributed by atoms with Crippen LogP contribution in [-0.2, 0) is 11.3 Å². The molecule has 0 unspecified atom stereocenters. The number of amides is 1. The molecule has 6 nitrogen and oxygen atoms in total. The number of thiophene rings is 1. The third-order valence-electron chi connectivity index (χ3n) is 4.08. The van der Waals surface area contributed by atoms with Crippen LogP contribution in [0.15, 0.2) is 42.6 Å². The van der Waals surface area contributed by atoms with Crippen LogP contribution in [0.4, 0.5) is 5.82 Å². The number of ether oxygens (including phenoxy) is 1. The number of hydrogen-bond donors (Lipinski definition) is 1. The van der Waals surface area contributed by atoms with Crippen molar-refractivity contribution in [2.24, 2.45) is 0 Å². The normalized spacial score (nSPS) is 14.6. The zero-order valence-corrected chi connectivity index (χ0v) is 14.5. The summed E-state index contributed by atoms with van der Waals surface area (Å²) in [5.41, 5.74) is 0. The highest BCUT2D eigenvalue weighted by atomic mass is 32.1. The Hall–Kier alpha value is -2.51. The van der Waals surface area contributed by atoms with Crippen molar-refractivity contribution in [1.29, 1.82) is 0 Å². The molecule has 0 spiro atoms. The molecule has 0 atom stereocenters. The summed E-state index contributed by atoms with van der Waals surface area (Å²) in [7, 11) is 0. The number of nitrogens with zero attached hydrogens (tertiary/aromatic N) is 3. The molecule has 128 valence electrons. The molecule has 1 aliphatic heterocycles. The zero-order valence-electron chi connectivity index (χ0n) is 13.6. The van der Waals surface area contributed by atoms with Gasteiger partial charge < -0.3 is 15.0 Å². The molecule has 3 heterocycles. The molecule has 1 aromatic carbocycles. The van der Waals surface area contributed by atoms with E-state index in [1.807, 2.05) is 36.4 Å². The first-order chi connectivity index (χ1) is 12.3. The molecule has 0 aliphatic carbocycles. The van der Waals surface area contributed by atoms with E-state index in [1.54, 1.807) is 6.20 Å². The number of hydrogen-bond acceptors (Lipinski definition) is 6. The molecule has 4 rings (SSSR count). The first kappa shape index (κ1) is 16.0. The molecule has 1 saturated heterocycles. The maximum atomic E-state index is 12.4. The van der Waals surface area contributed by atoms with E-state index in [-0.39, 0.29) is 5.91 Å². The third kappa shape index (κ3) is 3.62. The second kappa shape index (κ2) is 7.16. The quantitative estimate of drug-likeness (QED) is 0.779. The SMILES string of the molecule is O=C(NCc1nccc(N2CCOCC2)n1)c1cc2ccccc2s1. The number of carbonyl (C=O) groups excluding carboxylic acids is 1. The van der Waals surface area contributed by atoms with Crippen LogP contribution in [0.2, 0.25) is 0 Å². The highest BCUT2D eigenvalue weighted by Crippen LogP contribution is 2.25. The number of benzene rings is 1. The number of rotatable bonds is 4. The van der Waals surface area contributed by atoms with Gasteiger partial charge in [-0.25, -0.2) is 9.97 Å². The van der Waals surface area contributed by atoms with E-state index in [4.69, 9.17) is 4.74 Å². The summed E-state index contributed by atoms with van der Waals surface area (Å²) in [5.74, 6) is 1.39. The number of aromatic nitrogens is 2. The molecule has 25 heavy (non-hydrogen) atoms. The van der Waals surface area contributed by atoms with Crippen LogP contribution in [0.5, 0.6) is 0 Å². The summed E-state index contributed by atoms with van der Waals surface area (Å²) in [6.45, 7) is 3.38. The number of carbonyl (C=O) groups is 1. The van der Waals surface area contributed by atoms with E-state index in [0.29, 0.717) is 30.5 Å². The van der Waals surface area contributed by atoms with Gasteiger partial charge in [0, 0.05) is 24.0 Å². The Morgan fingerprint density at radius 2 is 2.08 bits per heavy atom. The van der Waals surface area contributed by atoms with Crippen molar-refractivity contribution in [1.82, 2.24) is 15.3 Å². The number of morpholine rings is 1. The van der Waals surface area contributed by atoms with Gasteiger partial charge in [-0.15, -0.1) is 11.3 Å². The summed E-state index contributed by atoms with van der Waals surface area (Å²) in [5, 5.41) is 4.00. The zero-order chi connectivity index (χ0) is 17.1. The molecule has 7 heteroatoms. The van der Waals surface area contributed by atoms with Crippen molar-refractivity contribution < 1.29 is 9.53 Å². The van der Waals surface area contributed by atoms with Gasteiger partial charge in [-0.05, 0) is 23.6 Å². The number of fused-ring (bicyclic) bond motifs is 1. The summed E-state index contributed by atoms with van der Waals surface area (Å²) >= 11 is 1.49. The van der Waals surface area contributed by atoms with Crippen molar-refractivity contribution in [3.05, 3.63) is 53.3 Å². The number of anilines is 1. The topological polar surface area (TPSA) is 67.4 Å². The summed E-state index contributed by atoms with van der Waals surface area (Å²) in [6, 6.07) is 11.8. The van der Waals surface area contributed by atoms with Crippen LogP contribution in [-0.4, -0.2) is 42.2 Å². The van der Waals surface area contributed by atoms with Crippen LogP contribution in [0.3, 0.4) is 0 Å². The van der Waals surface area contributed by atoms with Gasteiger partial charge in [0.2, 0.25) is 0 Å². The fourth-order valence-corrected chi connectivity index (χ4v) is 3.76. The maximum absolute atomic E-state index is 12.4. The summed E-state index contributed by atoms with van der Waals surface area (Å²) in [4.78, 5) is 24.1. The second-order valence-electron chi connectivity index (χ2n) is 5.76. The van der Waals surface area contributed by atoms with Gasteiger partial charge in [0.1, 0.15) is 11.6 Å². The average molecular weight is 354 g/mol.